The molecule has 18 heavy (non-hydrogen) atoms. The van der Waals surface area contributed by atoms with Crippen molar-refractivity contribution >= 4 is 5.91 Å². The molecule has 0 aromatic carbocycles. The van der Waals surface area contributed by atoms with Gasteiger partial charge in [0.2, 0.25) is 5.91 Å². The molecule has 4 nitrogen and oxygen atoms in total. The van der Waals surface area contributed by atoms with E-state index in [1.54, 1.807) is 7.11 Å². The van der Waals surface area contributed by atoms with Crippen LogP contribution in [0.5, 0.6) is 0 Å². The molecular formula is C14H28N2O2. The van der Waals surface area contributed by atoms with Crippen LogP contribution in [0.3, 0.4) is 0 Å². The van der Waals surface area contributed by atoms with Gasteiger partial charge in [0.25, 0.3) is 0 Å². The molecule has 4 heteroatoms. The Kier molecular flexibility index (Phi) is 7.28. The summed E-state index contributed by atoms with van der Waals surface area (Å²) >= 11 is 0. The molecule has 1 aliphatic carbocycles. The number of hydrogen-bond acceptors (Lipinski definition) is 3. The Labute approximate surface area is 111 Å². The lowest BCUT2D eigenvalue weighted by molar-refractivity contribution is -0.120. The summed E-state index contributed by atoms with van der Waals surface area (Å²) in [6.07, 6.45) is 7.49. The second-order valence-corrected chi connectivity index (χ2v) is 5.67. The molecule has 0 aliphatic heterocycles. The van der Waals surface area contributed by atoms with Crippen molar-refractivity contribution in [3.8, 4) is 0 Å². The molecule has 2 N–H and O–H groups in total. The standard InChI is InChI=1S/C14H28N2O2/c1-14(7-4-3-5-8-14)12-15-11-13(17)16-9-6-10-18-2/h15H,3-12H2,1-2H3,(H,16,17). The van der Waals surface area contributed by atoms with Crippen LogP contribution in [0.1, 0.15) is 45.4 Å². The van der Waals surface area contributed by atoms with Crippen molar-refractivity contribution < 1.29 is 9.53 Å². The molecule has 106 valence electrons. The maximum atomic E-state index is 11.5. The average Bonchev–Trinajstić information content (AvgIpc) is 2.35. The van der Waals surface area contributed by atoms with Gasteiger partial charge in [-0.15, -0.1) is 0 Å². The summed E-state index contributed by atoms with van der Waals surface area (Å²) in [5, 5.41) is 6.18. The van der Waals surface area contributed by atoms with Crippen LogP contribution in [-0.4, -0.2) is 39.3 Å². The summed E-state index contributed by atoms with van der Waals surface area (Å²) in [7, 11) is 1.67. The topological polar surface area (TPSA) is 50.4 Å². The fourth-order valence-corrected chi connectivity index (χ4v) is 2.57. The van der Waals surface area contributed by atoms with Crippen molar-refractivity contribution in [2.75, 3.05) is 33.4 Å². The highest BCUT2D eigenvalue weighted by Crippen LogP contribution is 2.34. The first-order valence-corrected chi connectivity index (χ1v) is 7.13. The van der Waals surface area contributed by atoms with Crippen LogP contribution in [0.15, 0.2) is 0 Å². The first kappa shape index (κ1) is 15.4. The van der Waals surface area contributed by atoms with E-state index in [1.807, 2.05) is 0 Å². The van der Waals surface area contributed by atoms with Crippen LogP contribution in [0, 0.1) is 5.41 Å². The maximum absolute atomic E-state index is 11.5. The Morgan fingerprint density at radius 1 is 1.28 bits per heavy atom. The molecule has 0 radical (unpaired) electrons. The van der Waals surface area contributed by atoms with Crippen LogP contribution >= 0.6 is 0 Å². The largest absolute Gasteiger partial charge is 0.385 e. The lowest BCUT2D eigenvalue weighted by atomic mass is 9.76. The van der Waals surface area contributed by atoms with Gasteiger partial charge in [-0.3, -0.25) is 4.79 Å². The number of ether oxygens (including phenoxy) is 1. The predicted octanol–water partition coefficient (Wildman–Crippen LogP) is 1.70. The van der Waals surface area contributed by atoms with Gasteiger partial charge in [-0.05, 0) is 24.7 Å². The average molecular weight is 256 g/mol. The third-order valence-corrected chi connectivity index (χ3v) is 3.75. The molecule has 0 atom stereocenters. The van der Waals surface area contributed by atoms with Gasteiger partial charge in [-0.1, -0.05) is 26.2 Å². The normalized spacial score (nSPS) is 18.6. The van der Waals surface area contributed by atoms with E-state index < -0.39 is 0 Å². The highest BCUT2D eigenvalue weighted by Gasteiger charge is 2.26. The van der Waals surface area contributed by atoms with Crippen molar-refractivity contribution in [2.24, 2.45) is 5.41 Å². The third kappa shape index (κ3) is 6.36. The Bertz CT molecular complexity index is 238. The minimum absolute atomic E-state index is 0.0884. The van der Waals surface area contributed by atoms with E-state index in [2.05, 4.69) is 17.6 Å². The van der Waals surface area contributed by atoms with E-state index >= 15 is 0 Å². The van der Waals surface area contributed by atoms with Gasteiger partial charge in [0.15, 0.2) is 0 Å². The van der Waals surface area contributed by atoms with Crippen molar-refractivity contribution in [1.82, 2.24) is 10.6 Å². The fraction of sp³-hybridized carbons (Fsp3) is 0.929. The van der Waals surface area contributed by atoms with Crippen LogP contribution in [0.4, 0.5) is 0 Å². The molecule has 0 unspecified atom stereocenters. The lowest BCUT2D eigenvalue weighted by Crippen LogP contribution is -2.40. The Balaban J connectivity index is 2.04. The zero-order valence-corrected chi connectivity index (χ0v) is 11.9. The minimum Gasteiger partial charge on any atom is -0.385 e. The quantitative estimate of drug-likeness (QED) is 0.650. The minimum atomic E-state index is 0.0884. The van der Waals surface area contributed by atoms with Crippen LogP contribution < -0.4 is 10.6 Å². The first-order valence-electron chi connectivity index (χ1n) is 7.13. The molecule has 0 saturated heterocycles. The Morgan fingerprint density at radius 2 is 2.00 bits per heavy atom. The molecule has 0 heterocycles. The summed E-state index contributed by atoms with van der Waals surface area (Å²) in [5.41, 5.74) is 0.397. The van der Waals surface area contributed by atoms with Crippen molar-refractivity contribution in [3.63, 3.8) is 0 Å². The van der Waals surface area contributed by atoms with E-state index in [1.165, 1.54) is 32.1 Å². The molecule has 1 saturated carbocycles. The second kappa shape index (κ2) is 8.48. The number of carbonyl (C=O) groups excluding carboxylic acids is 1. The number of methoxy groups -OCH3 is 1. The van der Waals surface area contributed by atoms with E-state index in [0.717, 1.165) is 13.0 Å². The highest BCUT2D eigenvalue weighted by atomic mass is 16.5. The molecule has 1 rings (SSSR count). The van der Waals surface area contributed by atoms with Gasteiger partial charge in [-0.2, -0.15) is 0 Å². The van der Waals surface area contributed by atoms with E-state index in [4.69, 9.17) is 4.74 Å². The summed E-state index contributed by atoms with van der Waals surface area (Å²) in [6, 6.07) is 0. The molecular weight excluding hydrogens is 228 g/mol. The lowest BCUT2D eigenvalue weighted by Gasteiger charge is -2.33. The van der Waals surface area contributed by atoms with Crippen molar-refractivity contribution in [1.29, 1.82) is 0 Å². The van der Waals surface area contributed by atoms with Gasteiger partial charge >= 0.3 is 0 Å². The van der Waals surface area contributed by atoms with Gasteiger partial charge < -0.3 is 15.4 Å². The first-order chi connectivity index (χ1) is 8.66. The Hall–Kier alpha value is -0.610. The van der Waals surface area contributed by atoms with E-state index in [0.29, 0.717) is 25.1 Å². The smallest absolute Gasteiger partial charge is 0.233 e. The van der Waals surface area contributed by atoms with Gasteiger partial charge in [0.05, 0.1) is 6.54 Å². The van der Waals surface area contributed by atoms with Gasteiger partial charge in [0.1, 0.15) is 0 Å². The maximum Gasteiger partial charge on any atom is 0.233 e. The summed E-state index contributed by atoms with van der Waals surface area (Å²) < 4.78 is 4.93. The van der Waals surface area contributed by atoms with Crippen LogP contribution in [-0.2, 0) is 9.53 Å². The summed E-state index contributed by atoms with van der Waals surface area (Å²) in [4.78, 5) is 11.5. The summed E-state index contributed by atoms with van der Waals surface area (Å²) in [5.74, 6) is 0.0884. The van der Waals surface area contributed by atoms with Gasteiger partial charge in [-0.25, -0.2) is 0 Å². The number of carbonyl (C=O) groups is 1. The highest BCUT2D eigenvalue weighted by molar-refractivity contribution is 5.77. The molecule has 0 aromatic rings. The number of nitrogens with one attached hydrogen (secondary N) is 2. The SMILES string of the molecule is COCCCNC(=O)CNCC1(C)CCCCC1. The molecule has 0 bridgehead atoms. The second-order valence-electron chi connectivity index (χ2n) is 5.67. The van der Waals surface area contributed by atoms with Crippen molar-refractivity contribution in [3.05, 3.63) is 0 Å². The summed E-state index contributed by atoms with van der Waals surface area (Å²) in [6.45, 7) is 5.12. The molecule has 0 aromatic heterocycles. The zero-order valence-electron chi connectivity index (χ0n) is 11.9. The van der Waals surface area contributed by atoms with E-state index in [9.17, 15) is 4.79 Å². The van der Waals surface area contributed by atoms with Crippen LogP contribution in [0.2, 0.25) is 0 Å². The number of rotatable bonds is 8. The molecule has 0 spiro atoms. The van der Waals surface area contributed by atoms with E-state index in [-0.39, 0.29) is 5.91 Å². The Morgan fingerprint density at radius 3 is 2.67 bits per heavy atom. The van der Waals surface area contributed by atoms with Gasteiger partial charge in [0, 0.05) is 26.8 Å². The zero-order chi connectivity index (χ0) is 13.3. The fourth-order valence-electron chi connectivity index (χ4n) is 2.57. The monoisotopic (exact) mass is 256 g/mol. The molecule has 1 aliphatic rings. The number of hydrogen-bond donors (Lipinski definition) is 2. The van der Waals surface area contributed by atoms with Crippen molar-refractivity contribution in [2.45, 2.75) is 45.4 Å². The molecule has 1 fully saturated rings. The van der Waals surface area contributed by atoms with Crippen LogP contribution in [0.25, 0.3) is 0 Å². The number of amides is 1. The molecule has 1 amide bonds. The predicted molar refractivity (Wildman–Crippen MR) is 73.6 cm³/mol. The third-order valence-electron chi connectivity index (χ3n) is 3.75.